The van der Waals surface area contributed by atoms with Crippen molar-refractivity contribution >= 4 is 23.3 Å². The monoisotopic (exact) mass is 237 g/mol. The number of benzene rings is 1. The molecule has 0 fully saturated rings. The van der Waals surface area contributed by atoms with E-state index in [1.54, 1.807) is 23.1 Å². The summed E-state index contributed by atoms with van der Waals surface area (Å²) in [5.41, 5.74) is 1.53. The van der Waals surface area contributed by atoms with Crippen LogP contribution in [0.25, 0.3) is 0 Å². The number of Topliss-reactive ketones (excluding diaryl/α,β-unsaturated/α-hetero) is 1. The number of amides is 1. The Morgan fingerprint density at radius 2 is 2.19 bits per heavy atom. The van der Waals surface area contributed by atoms with Crippen LogP contribution in [0.3, 0.4) is 0 Å². The fourth-order valence-electron chi connectivity index (χ4n) is 1.89. The zero-order valence-electron chi connectivity index (χ0n) is 9.00. The second kappa shape index (κ2) is 4.26. The topological polar surface area (TPSA) is 37.4 Å². The maximum absolute atomic E-state index is 11.8. The molecule has 1 aromatic rings. The maximum atomic E-state index is 11.8. The maximum Gasteiger partial charge on any atom is 0.219 e. The summed E-state index contributed by atoms with van der Waals surface area (Å²) < 4.78 is 0. The van der Waals surface area contributed by atoms with E-state index in [0.717, 1.165) is 5.56 Å². The molecule has 2 rings (SSSR count). The fourth-order valence-corrected chi connectivity index (χ4v) is 2.08. The lowest BCUT2D eigenvalue weighted by Crippen LogP contribution is -2.28. The number of fused-ring (bicyclic) bond motifs is 1. The molecule has 84 valence electrons. The Morgan fingerprint density at radius 1 is 1.44 bits per heavy atom. The number of ketones is 1. The lowest BCUT2D eigenvalue weighted by Gasteiger charge is -2.18. The first-order valence-corrected chi connectivity index (χ1v) is 5.53. The van der Waals surface area contributed by atoms with Gasteiger partial charge < -0.3 is 4.90 Å². The molecule has 1 aliphatic heterocycles. The van der Waals surface area contributed by atoms with Crippen LogP contribution in [-0.2, 0) is 11.3 Å². The molecule has 1 amide bonds. The summed E-state index contributed by atoms with van der Waals surface area (Å²) in [7, 11) is 0. The number of hydrogen-bond donors (Lipinski definition) is 0. The third-order valence-electron chi connectivity index (χ3n) is 2.78. The van der Waals surface area contributed by atoms with Gasteiger partial charge in [0.15, 0.2) is 5.78 Å². The van der Waals surface area contributed by atoms with E-state index in [1.807, 2.05) is 0 Å². The third kappa shape index (κ3) is 2.09. The predicted molar refractivity (Wildman–Crippen MR) is 61.5 cm³/mol. The Hall–Kier alpha value is -1.35. The highest BCUT2D eigenvalue weighted by Gasteiger charge is 2.21. The lowest BCUT2D eigenvalue weighted by molar-refractivity contribution is -0.129. The average Bonchev–Trinajstić information content (AvgIpc) is 2.38. The molecule has 0 unspecified atom stereocenters. The van der Waals surface area contributed by atoms with Crippen molar-refractivity contribution in [2.75, 3.05) is 6.54 Å². The van der Waals surface area contributed by atoms with E-state index >= 15 is 0 Å². The Bertz CT molecular complexity index is 456. The van der Waals surface area contributed by atoms with Crippen molar-refractivity contribution in [3.05, 3.63) is 34.3 Å². The summed E-state index contributed by atoms with van der Waals surface area (Å²) in [6.45, 7) is 2.47. The zero-order valence-corrected chi connectivity index (χ0v) is 9.75. The van der Waals surface area contributed by atoms with Crippen LogP contribution < -0.4 is 0 Å². The second-order valence-corrected chi connectivity index (χ2v) is 4.35. The summed E-state index contributed by atoms with van der Waals surface area (Å²) >= 11 is 5.89. The number of nitrogens with zero attached hydrogens (tertiary/aromatic N) is 1. The van der Waals surface area contributed by atoms with Crippen LogP contribution in [0.15, 0.2) is 18.2 Å². The minimum Gasteiger partial charge on any atom is -0.338 e. The van der Waals surface area contributed by atoms with Crippen molar-refractivity contribution in [3.63, 3.8) is 0 Å². The molecule has 3 nitrogen and oxygen atoms in total. The fraction of sp³-hybridized carbons (Fsp3) is 0.333. The van der Waals surface area contributed by atoms with Crippen molar-refractivity contribution in [2.24, 2.45) is 0 Å². The number of carbonyl (C=O) groups excluding carboxylic acids is 2. The minimum atomic E-state index is -0.0133. The van der Waals surface area contributed by atoms with Crippen LogP contribution in [0, 0.1) is 0 Å². The molecule has 0 N–H and O–H groups in total. The van der Waals surface area contributed by atoms with Crippen molar-refractivity contribution in [1.29, 1.82) is 0 Å². The Labute approximate surface area is 99.0 Å². The average molecular weight is 238 g/mol. The van der Waals surface area contributed by atoms with Gasteiger partial charge in [-0.3, -0.25) is 9.59 Å². The summed E-state index contributed by atoms with van der Waals surface area (Å²) in [5.74, 6) is 0.0658. The van der Waals surface area contributed by atoms with Gasteiger partial charge in [0, 0.05) is 37.0 Å². The number of rotatable bonds is 0. The molecule has 0 saturated carbocycles. The minimum absolute atomic E-state index is 0.0133. The molecule has 0 aromatic heterocycles. The second-order valence-electron chi connectivity index (χ2n) is 3.92. The number of halogens is 1. The SMILES string of the molecule is CC(=O)N1CCC(=O)c2ccc(Cl)cc2C1. The highest BCUT2D eigenvalue weighted by Crippen LogP contribution is 2.22. The molecule has 0 atom stereocenters. The van der Waals surface area contributed by atoms with Gasteiger partial charge in [-0.15, -0.1) is 0 Å². The van der Waals surface area contributed by atoms with Gasteiger partial charge in [0.2, 0.25) is 5.91 Å². The van der Waals surface area contributed by atoms with Gasteiger partial charge in [0.25, 0.3) is 0 Å². The molecule has 0 spiro atoms. The molecule has 16 heavy (non-hydrogen) atoms. The van der Waals surface area contributed by atoms with Gasteiger partial charge in [-0.2, -0.15) is 0 Å². The standard InChI is InChI=1S/C12H12ClNO2/c1-8(15)14-5-4-12(16)11-3-2-10(13)6-9(11)7-14/h2-3,6H,4-5,7H2,1H3. The van der Waals surface area contributed by atoms with E-state index in [2.05, 4.69) is 0 Å². The third-order valence-corrected chi connectivity index (χ3v) is 3.02. The number of carbonyl (C=O) groups is 2. The van der Waals surface area contributed by atoms with E-state index in [1.165, 1.54) is 6.92 Å². The predicted octanol–water partition coefficient (Wildman–Crippen LogP) is 2.27. The molecule has 4 heteroatoms. The van der Waals surface area contributed by atoms with Crippen LogP contribution in [0.1, 0.15) is 29.3 Å². The summed E-state index contributed by atoms with van der Waals surface area (Å²) in [6.07, 6.45) is 0.383. The van der Waals surface area contributed by atoms with Crippen molar-refractivity contribution in [2.45, 2.75) is 19.9 Å². The largest absolute Gasteiger partial charge is 0.338 e. The molecule has 1 aliphatic rings. The summed E-state index contributed by atoms with van der Waals surface area (Å²) in [6, 6.07) is 5.21. The van der Waals surface area contributed by atoms with Crippen molar-refractivity contribution in [1.82, 2.24) is 4.90 Å². The molecule has 0 aliphatic carbocycles. The highest BCUT2D eigenvalue weighted by molar-refractivity contribution is 6.30. The van der Waals surface area contributed by atoms with Crippen molar-refractivity contribution < 1.29 is 9.59 Å². The van der Waals surface area contributed by atoms with Crippen LogP contribution in [0.4, 0.5) is 0 Å². The Morgan fingerprint density at radius 3 is 2.88 bits per heavy atom. The van der Waals surface area contributed by atoms with Gasteiger partial charge >= 0.3 is 0 Å². The number of hydrogen-bond acceptors (Lipinski definition) is 2. The van der Waals surface area contributed by atoms with E-state index in [0.29, 0.717) is 30.1 Å². The van der Waals surface area contributed by atoms with Crippen LogP contribution >= 0.6 is 11.6 Å². The summed E-state index contributed by atoms with van der Waals surface area (Å²) in [4.78, 5) is 24.8. The molecule has 0 radical (unpaired) electrons. The van der Waals surface area contributed by atoms with Crippen LogP contribution in [0.5, 0.6) is 0 Å². The molecule has 0 saturated heterocycles. The smallest absolute Gasteiger partial charge is 0.219 e. The lowest BCUT2D eigenvalue weighted by atomic mass is 10.0. The molecule has 1 aromatic carbocycles. The zero-order chi connectivity index (χ0) is 11.7. The molecule has 0 bridgehead atoms. The van der Waals surface area contributed by atoms with Gasteiger partial charge in [0.05, 0.1) is 0 Å². The van der Waals surface area contributed by atoms with Crippen LogP contribution in [-0.4, -0.2) is 23.1 Å². The van der Waals surface area contributed by atoms with Crippen LogP contribution in [0.2, 0.25) is 5.02 Å². The first kappa shape index (κ1) is 11.1. The first-order chi connectivity index (χ1) is 7.58. The molecular weight excluding hydrogens is 226 g/mol. The summed E-state index contributed by atoms with van der Waals surface area (Å²) in [5, 5.41) is 0.594. The van der Waals surface area contributed by atoms with E-state index < -0.39 is 0 Å². The first-order valence-electron chi connectivity index (χ1n) is 5.15. The van der Waals surface area contributed by atoms with E-state index in [-0.39, 0.29) is 11.7 Å². The Balaban J connectivity index is 2.42. The van der Waals surface area contributed by atoms with E-state index in [4.69, 9.17) is 11.6 Å². The van der Waals surface area contributed by atoms with Gasteiger partial charge in [0.1, 0.15) is 0 Å². The van der Waals surface area contributed by atoms with E-state index in [9.17, 15) is 9.59 Å². The Kier molecular flexibility index (Phi) is 2.97. The van der Waals surface area contributed by atoms with Gasteiger partial charge in [-0.25, -0.2) is 0 Å². The molecule has 1 heterocycles. The normalized spacial score (nSPS) is 15.6. The highest BCUT2D eigenvalue weighted by atomic mass is 35.5. The van der Waals surface area contributed by atoms with Gasteiger partial charge in [-0.1, -0.05) is 11.6 Å². The quantitative estimate of drug-likeness (QED) is 0.694. The molecular formula is C12H12ClNO2. The van der Waals surface area contributed by atoms with Crippen molar-refractivity contribution in [3.8, 4) is 0 Å². The van der Waals surface area contributed by atoms with Gasteiger partial charge in [-0.05, 0) is 23.8 Å².